The largest absolute Gasteiger partial charge is 0.493 e. The summed E-state index contributed by atoms with van der Waals surface area (Å²) >= 11 is 6.11. The Balaban J connectivity index is 2.00. The van der Waals surface area contributed by atoms with Crippen LogP contribution in [0.4, 0.5) is 11.4 Å². The lowest BCUT2D eigenvalue weighted by Crippen LogP contribution is -2.29. The number of methoxy groups -OCH3 is 2. The van der Waals surface area contributed by atoms with Crippen molar-refractivity contribution in [3.63, 3.8) is 0 Å². The third kappa shape index (κ3) is 5.95. The van der Waals surface area contributed by atoms with Crippen LogP contribution in [0.3, 0.4) is 0 Å². The molecule has 10 heteroatoms. The van der Waals surface area contributed by atoms with Crippen molar-refractivity contribution >= 4 is 40.9 Å². The van der Waals surface area contributed by atoms with Gasteiger partial charge in [0.25, 0.3) is 11.6 Å². The van der Waals surface area contributed by atoms with Gasteiger partial charge < -0.3 is 19.5 Å². The monoisotopic (exact) mass is 434 g/mol. The van der Waals surface area contributed by atoms with E-state index in [2.05, 4.69) is 5.32 Å². The third-order valence-corrected chi connectivity index (χ3v) is 4.14. The number of nitro groups is 1. The Morgan fingerprint density at radius 2 is 1.93 bits per heavy atom. The molecule has 2 rings (SSSR count). The molecule has 1 atom stereocenters. The lowest BCUT2D eigenvalue weighted by Gasteiger charge is -2.12. The van der Waals surface area contributed by atoms with Crippen LogP contribution in [0.5, 0.6) is 11.5 Å². The van der Waals surface area contributed by atoms with Crippen molar-refractivity contribution in [1.82, 2.24) is 0 Å². The molecule has 2 aromatic rings. The molecular weight excluding hydrogens is 416 g/mol. The van der Waals surface area contributed by atoms with Gasteiger partial charge in [-0.1, -0.05) is 17.7 Å². The van der Waals surface area contributed by atoms with E-state index in [-0.39, 0.29) is 11.4 Å². The number of hydrogen-bond acceptors (Lipinski definition) is 7. The van der Waals surface area contributed by atoms with E-state index < -0.39 is 22.9 Å². The first-order valence-electron chi connectivity index (χ1n) is 8.60. The number of carbonyl (C=O) groups excluding carboxylic acids is 2. The molecular formula is C20H19ClN2O7. The van der Waals surface area contributed by atoms with E-state index in [1.165, 1.54) is 51.5 Å². The fourth-order valence-electron chi connectivity index (χ4n) is 2.41. The van der Waals surface area contributed by atoms with Gasteiger partial charge in [-0.15, -0.1) is 0 Å². The second-order valence-electron chi connectivity index (χ2n) is 5.95. The zero-order valence-electron chi connectivity index (χ0n) is 16.4. The Morgan fingerprint density at radius 1 is 1.20 bits per heavy atom. The van der Waals surface area contributed by atoms with Crippen LogP contribution in [-0.2, 0) is 14.3 Å². The number of nitro benzene ring substituents is 1. The minimum atomic E-state index is -1.13. The fraction of sp³-hybridized carbons (Fsp3) is 0.200. The highest BCUT2D eigenvalue weighted by Gasteiger charge is 2.18. The normalized spacial score (nSPS) is 11.6. The number of benzene rings is 2. The Hall–Kier alpha value is -3.59. The Kier molecular flexibility index (Phi) is 7.76. The van der Waals surface area contributed by atoms with Gasteiger partial charge in [0.15, 0.2) is 17.6 Å². The summed E-state index contributed by atoms with van der Waals surface area (Å²) in [5.74, 6) is -0.637. The number of rotatable bonds is 8. The number of nitrogens with zero attached hydrogens (tertiary/aromatic N) is 1. The third-order valence-electron chi connectivity index (χ3n) is 3.85. The second kappa shape index (κ2) is 10.3. The first-order chi connectivity index (χ1) is 14.2. The molecule has 0 bridgehead atoms. The number of amides is 1. The van der Waals surface area contributed by atoms with Crippen molar-refractivity contribution in [3.8, 4) is 11.5 Å². The molecule has 0 saturated carbocycles. The van der Waals surface area contributed by atoms with E-state index in [4.69, 9.17) is 25.8 Å². The lowest BCUT2D eigenvalue weighted by atomic mass is 10.2. The van der Waals surface area contributed by atoms with Crippen molar-refractivity contribution in [2.75, 3.05) is 19.5 Å². The van der Waals surface area contributed by atoms with Gasteiger partial charge in [-0.3, -0.25) is 14.9 Å². The van der Waals surface area contributed by atoms with E-state index >= 15 is 0 Å². The molecule has 0 radical (unpaired) electrons. The molecule has 0 aromatic heterocycles. The zero-order chi connectivity index (χ0) is 22.3. The highest BCUT2D eigenvalue weighted by molar-refractivity contribution is 6.32. The molecule has 0 fully saturated rings. The zero-order valence-corrected chi connectivity index (χ0v) is 17.1. The summed E-state index contributed by atoms with van der Waals surface area (Å²) in [6.07, 6.45) is 1.45. The number of anilines is 1. The van der Waals surface area contributed by atoms with Crippen LogP contribution < -0.4 is 14.8 Å². The maximum Gasteiger partial charge on any atom is 0.331 e. The molecule has 1 N–H and O–H groups in total. The fourth-order valence-corrected chi connectivity index (χ4v) is 2.70. The van der Waals surface area contributed by atoms with E-state index in [1.807, 2.05) is 0 Å². The quantitative estimate of drug-likeness (QED) is 0.290. The van der Waals surface area contributed by atoms with Gasteiger partial charge in [0.1, 0.15) is 0 Å². The molecule has 1 amide bonds. The molecule has 158 valence electrons. The summed E-state index contributed by atoms with van der Waals surface area (Å²) in [4.78, 5) is 34.4. The van der Waals surface area contributed by atoms with Crippen molar-refractivity contribution in [3.05, 3.63) is 63.2 Å². The Morgan fingerprint density at radius 3 is 2.57 bits per heavy atom. The highest BCUT2D eigenvalue weighted by atomic mass is 35.5. The van der Waals surface area contributed by atoms with Crippen LogP contribution in [0, 0.1) is 10.1 Å². The molecule has 30 heavy (non-hydrogen) atoms. The number of nitrogens with one attached hydrogen (secondary N) is 1. The minimum Gasteiger partial charge on any atom is -0.493 e. The Labute approximate surface area is 177 Å². The molecule has 2 aromatic carbocycles. The average Bonchev–Trinajstić information content (AvgIpc) is 2.71. The van der Waals surface area contributed by atoms with E-state index in [1.54, 1.807) is 12.1 Å². The predicted molar refractivity (Wildman–Crippen MR) is 111 cm³/mol. The topological polar surface area (TPSA) is 117 Å². The van der Waals surface area contributed by atoms with Crippen LogP contribution in [0.1, 0.15) is 12.5 Å². The predicted octanol–water partition coefficient (Wildman–Crippen LogP) is 3.85. The molecule has 0 aliphatic rings. The van der Waals surface area contributed by atoms with Crippen LogP contribution in [-0.4, -0.2) is 37.1 Å². The van der Waals surface area contributed by atoms with Crippen LogP contribution >= 0.6 is 11.6 Å². The summed E-state index contributed by atoms with van der Waals surface area (Å²) < 4.78 is 15.4. The summed E-state index contributed by atoms with van der Waals surface area (Å²) in [5.41, 5.74) is 0.602. The minimum absolute atomic E-state index is 0.172. The van der Waals surface area contributed by atoms with E-state index in [0.717, 1.165) is 6.08 Å². The second-order valence-corrected chi connectivity index (χ2v) is 6.35. The van der Waals surface area contributed by atoms with Crippen LogP contribution in [0.25, 0.3) is 6.08 Å². The van der Waals surface area contributed by atoms with Crippen LogP contribution in [0.15, 0.2) is 42.5 Å². The van der Waals surface area contributed by atoms with Gasteiger partial charge in [0.2, 0.25) is 0 Å². The van der Waals surface area contributed by atoms with E-state index in [0.29, 0.717) is 22.1 Å². The van der Waals surface area contributed by atoms with Gasteiger partial charge in [0, 0.05) is 23.9 Å². The maximum atomic E-state index is 12.2. The smallest absolute Gasteiger partial charge is 0.331 e. The molecule has 0 aliphatic carbocycles. The molecule has 9 nitrogen and oxygen atoms in total. The summed E-state index contributed by atoms with van der Waals surface area (Å²) in [7, 11) is 2.91. The SMILES string of the molecule is COc1cc(/C=C/C(=O)OC(C)C(=O)Nc2cccc([N+](=O)[O-])c2)cc(Cl)c1OC. The first kappa shape index (κ1) is 22.7. The van der Waals surface area contributed by atoms with Crippen molar-refractivity contribution in [2.24, 2.45) is 0 Å². The van der Waals surface area contributed by atoms with Crippen molar-refractivity contribution in [2.45, 2.75) is 13.0 Å². The maximum absolute atomic E-state index is 12.2. The molecule has 0 spiro atoms. The molecule has 0 heterocycles. The number of ether oxygens (including phenoxy) is 3. The standard InChI is InChI=1S/C20H19ClN2O7/c1-12(20(25)22-14-5-4-6-15(11-14)23(26)27)30-18(24)8-7-13-9-16(21)19(29-3)17(10-13)28-2/h4-12H,1-3H3,(H,22,25)/b8-7+. The highest BCUT2D eigenvalue weighted by Crippen LogP contribution is 2.36. The number of hydrogen-bond donors (Lipinski definition) is 1. The Bertz CT molecular complexity index is 991. The summed E-state index contributed by atoms with van der Waals surface area (Å²) in [6, 6.07) is 8.61. The number of carbonyl (C=O) groups is 2. The number of halogens is 1. The van der Waals surface area contributed by atoms with Gasteiger partial charge in [-0.25, -0.2) is 4.79 Å². The van der Waals surface area contributed by atoms with Gasteiger partial charge in [0.05, 0.1) is 24.2 Å². The molecule has 0 saturated heterocycles. The van der Waals surface area contributed by atoms with Crippen LogP contribution in [0.2, 0.25) is 5.02 Å². The van der Waals surface area contributed by atoms with Gasteiger partial charge in [-0.05, 0) is 36.8 Å². The average molecular weight is 435 g/mol. The van der Waals surface area contributed by atoms with Gasteiger partial charge >= 0.3 is 5.97 Å². The lowest BCUT2D eigenvalue weighted by molar-refractivity contribution is -0.384. The van der Waals surface area contributed by atoms with E-state index in [9.17, 15) is 19.7 Å². The number of non-ortho nitro benzene ring substituents is 1. The summed E-state index contributed by atoms with van der Waals surface area (Å²) in [5, 5.41) is 13.6. The van der Waals surface area contributed by atoms with Crippen molar-refractivity contribution in [1.29, 1.82) is 0 Å². The molecule has 1 unspecified atom stereocenters. The molecule has 0 aliphatic heterocycles. The number of esters is 1. The summed E-state index contributed by atoms with van der Waals surface area (Å²) in [6.45, 7) is 1.38. The first-order valence-corrected chi connectivity index (χ1v) is 8.98. The van der Waals surface area contributed by atoms with Gasteiger partial charge in [-0.2, -0.15) is 0 Å². The van der Waals surface area contributed by atoms with Crippen molar-refractivity contribution < 1.29 is 28.7 Å².